The summed E-state index contributed by atoms with van der Waals surface area (Å²) < 4.78 is 43.6. The van der Waals surface area contributed by atoms with E-state index in [0.717, 1.165) is 37.5 Å². The van der Waals surface area contributed by atoms with Crippen LogP contribution in [0.4, 0.5) is 13.2 Å². The van der Waals surface area contributed by atoms with Gasteiger partial charge in [0, 0.05) is 5.56 Å². The standard InChI is InChI=1S/C27H42F3NO3/c1-3-4-5-6-7-8-9-10-11-12-13-14-15-16-20-34-26(33)22(2)31-25(32)23-18-17-19-24(21-23)27(28,29)30/h17-19,21-22H,3-16,20H2,1-2H3,(H,31,32). The summed E-state index contributed by atoms with van der Waals surface area (Å²) in [6, 6.07) is 3.16. The molecule has 1 N–H and O–H groups in total. The molecule has 0 heterocycles. The minimum Gasteiger partial charge on any atom is -0.464 e. The topological polar surface area (TPSA) is 55.4 Å². The fourth-order valence-corrected chi connectivity index (χ4v) is 3.77. The number of esters is 1. The van der Waals surface area contributed by atoms with Crippen molar-refractivity contribution >= 4 is 11.9 Å². The van der Waals surface area contributed by atoms with Crippen LogP contribution in [0.5, 0.6) is 0 Å². The largest absolute Gasteiger partial charge is 0.464 e. The number of rotatable bonds is 18. The number of carbonyl (C=O) groups excluding carboxylic acids is 2. The maximum Gasteiger partial charge on any atom is 0.416 e. The van der Waals surface area contributed by atoms with Crippen molar-refractivity contribution in [2.24, 2.45) is 0 Å². The molecule has 1 aromatic carbocycles. The summed E-state index contributed by atoms with van der Waals surface area (Å²) in [5, 5.41) is 2.40. The lowest BCUT2D eigenvalue weighted by atomic mass is 10.0. The van der Waals surface area contributed by atoms with Crippen LogP contribution in [0.3, 0.4) is 0 Å². The van der Waals surface area contributed by atoms with E-state index in [1.54, 1.807) is 0 Å². The van der Waals surface area contributed by atoms with Crippen molar-refractivity contribution in [2.75, 3.05) is 6.61 Å². The van der Waals surface area contributed by atoms with E-state index in [-0.39, 0.29) is 12.2 Å². The normalized spacial score (nSPS) is 12.4. The molecule has 34 heavy (non-hydrogen) atoms. The minimum atomic E-state index is -4.53. The van der Waals surface area contributed by atoms with Crippen LogP contribution in [0.15, 0.2) is 24.3 Å². The van der Waals surface area contributed by atoms with Gasteiger partial charge in [0.1, 0.15) is 6.04 Å². The average Bonchev–Trinajstić information content (AvgIpc) is 2.80. The van der Waals surface area contributed by atoms with Gasteiger partial charge >= 0.3 is 12.1 Å². The van der Waals surface area contributed by atoms with Gasteiger partial charge in [-0.1, -0.05) is 96.5 Å². The second-order valence-corrected chi connectivity index (χ2v) is 9.04. The Labute approximate surface area is 203 Å². The smallest absolute Gasteiger partial charge is 0.416 e. The van der Waals surface area contributed by atoms with Gasteiger partial charge < -0.3 is 10.1 Å². The number of hydrogen-bond donors (Lipinski definition) is 1. The van der Waals surface area contributed by atoms with Crippen molar-refractivity contribution in [2.45, 2.75) is 116 Å². The number of amides is 1. The van der Waals surface area contributed by atoms with Gasteiger partial charge in [-0.3, -0.25) is 4.79 Å². The van der Waals surface area contributed by atoms with E-state index in [2.05, 4.69) is 12.2 Å². The van der Waals surface area contributed by atoms with E-state index in [4.69, 9.17) is 4.74 Å². The van der Waals surface area contributed by atoms with E-state index in [1.807, 2.05) is 0 Å². The summed E-state index contributed by atoms with van der Waals surface area (Å²) in [6.45, 7) is 3.98. The van der Waals surface area contributed by atoms with Crippen LogP contribution in [0, 0.1) is 0 Å². The zero-order valence-corrected chi connectivity index (χ0v) is 20.9. The third kappa shape index (κ3) is 13.6. The predicted molar refractivity (Wildman–Crippen MR) is 130 cm³/mol. The van der Waals surface area contributed by atoms with E-state index >= 15 is 0 Å². The van der Waals surface area contributed by atoms with Gasteiger partial charge in [-0.15, -0.1) is 0 Å². The van der Waals surface area contributed by atoms with Crippen LogP contribution < -0.4 is 5.32 Å². The molecule has 4 nitrogen and oxygen atoms in total. The van der Waals surface area contributed by atoms with Crippen molar-refractivity contribution in [3.63, 3.8) is 0 Å². The molecule has 7 heteroatoms. The molecule has 0 aliphatic heterocycles. The van der Waals surface area contributed by atoms with Crippen LogP contribution in [-0.4, -0.2) is 24.5 Å². The summed E-state index contributed by atoms with van der Waals surface area (Å²) in [7, 11) is 0. The van der Waals surface area contributed by atoms with Crippen molar-refractivity contribution in [3.05, 3.63) is 35.4 Å². The number of hydrogen-bond acceptors (Lipinski definition) is 3. The quantitative estimate of drug-likeness (QED) is 0.170. The molecule has 0 radical (unpaired) electrons. The molecule has 0 fully saturated rings. The van der Waals surface area contributed by atoms with Crippen LogP contribution >= 0.6 is 0 Å². The van der Waals surface area contributed by atoms with Gasteiger partial charge in [0.05, 0.1) is 12.2 Å². The molecular weight excluding hydrogens is 443 g/mol. The fraction of sp³-hybridized carbons (Fsp3) is 0.704. The second-order valence-electron chi connectivity index (χ2n) is 9.04. The molecule has 1 unspecified atom stereocenters. The first kappa shape index (κ1) is 30.0. The van der Waals surface area contributed by atoms with E-state index in [9.17, 15) is 22.8 Å². The van der Waals surface area contributed by atoms with Gasteiger partial charge in [-0.2, -0.15) is 13.2 Å². The first-order chi connectivity index (χ1) is 16.3. The fourth-order valence-electron chi connectivity index (χ4n) is 3.77. The van der Waals surface area contributed by atoms with E-state index in [1.165, 1.54) is 83.6 Å². The summed E-state index contributed by atoms with van der Waals surface area (Å²) in [5.41, 5.74) is -1.06. The third-order valence-corrected chi connectivity index (χ3v) is 5.90. The lowest BCUT2D eigenvalue weighted by Gasteiger charge is -2.14. The van der Waals surface area contributed by atoms with Gasteiger partial charge in [0.15, 0.2) is 0 Å². The molecule has 1 amide bonds. The summed E-state index contributed by atoms with van der Waals surface area (Å²) >= 11 is 0. The lowest BCUT2D eigenvalue weighted by molar-refractivity contribution is -0.145. The predicted octanol–water partition coefficient (Wildman–Crippen LogP) is 7.85. The number of benzene rings is 1. The Morgan fingerprint density at radius 2 is 1.35 bits per heavy atom. The number of alkyl halides is 3. The summed E-state index contributed by atoms with van der Waals surface area (Å²) in [6.07, 6.45) is 12.8. The molecule has 1 rings (SSSR count). The highest BCUT2D eigenvalue weighted by Gasteiger charge is 2.31. The molecule has 1 aromatic rings. The van der Waals surface area contributed by atoms with Gasteiger partial charge in [0.25, 0.3) is 5.91 Å². The second kappa shape index (κ2) is 17.4. The summed E-state index contributed by atoms with van der Waals surface area (Å²) in [4.78, 5) is 24.2. The molecular formula is C27H42F3NO3. The number of carbonyl (C=O) groups is 2. The lowest BCUT2D eigenvalue weighted by Crippen LogP contribution is -2.39. The molecule has 0 spiro atoms. The average molecular weight is 486 g/mol. The molecule has 0 saturated carbocycles. The Balaban J connectivity index is 2.06. The van der Waals surface area contributed by atoms with Crippen LogP contribution in [0.25, 0.3) is 0 Å². The Hall–Kier alpha value is -2.05. The highest BCUT2D eigenvalue weighted by Crippen LogP contribution is 2.29. The number of unbranched alkanes of at least 4 members (excludes halogenated alkanes) is 13. The van der Waals surface area contributed by atoms with Crippen molar-refractivity contribution in [1.29, 1.82) is 0 Å². The van der Waals surface area contributed by atoms with E-state index < -0.39 is 29.7 Å². The highest BCUT2D eigenvalue weighted by atomic mass is 19.4. The number of nitrogens with one attached hydrogen (secondary N) is 1. The maximum absolute atomic E-state index is 12.8. The molecule has 1 atom stereocenters. The molecule has 0 bridgehead atoms. The zero-order valence-electron chi connectivity index (χ0n) is 20.9. The Bertz CT molecular complexity index is 707. The first-order valence-electron chi connectivity index (χ1n) is 12.9. The Morgan fingerprint density at radius 1 is 0.853 bits per heavy atom. The Morgan fingerprint density at radius 3 is 1.85 bits per heavy atom. The zero-order chi connectivity index (χ0) is 25.2. The van der Waals surface area contributed by atoms with Crippen molar-refractivity contribution < 1.29 is 27.5 Å². The first-order valence-corrected chi connectivity index (χ1v) is 12.9. The molecule has 0 aromatic heterocycles. The van der Waals surface area contributed by atoms with Crippen LogP contribution in [0.1, 0.15) is 120 Å². The minimum absolute atomic E-state index is 0.151. The van der Waals surface area contributed by atoms with Crippen molar-refractivity contribution in [1.82, 2.24) is 5.32 Å². The number of halogens is 3. The number of ether oxygens (including phenoxy) is 1. The summed E-state index contributed by atoms with van der Waals surface area (Å²) in [5.74, 6) is -1.33. The van der Waals surface area contributed by atoms with Gasteiger partial charge in [-0.05, 0) is 31.5 Å². The van der Waals surface area contributed by atoms with Crippen LogP contribution in [0.2, 0.25) is 0 Å². The van der Waals surface area contributed by atoms with Crippen LogP contribution in [-0.2, 0) is 15.7 Å². The monoisotopic (exact) mass is 485 g/mol. The van der Waals surface area contributed by atoms with Crippen molar-refractivity contribution in [3.8, 4) is 0 Å². The molecule has 0 aliphatic carbocycles. The van der Waals surface area contributed by atoms with E-state index in [0.29, 0.717) is 0 Å². The third-order valence-electron chi connectivity index (χ3n) is 5.90. The van der Waals surface area contributed by atoms with Gasteiger partial charge in [0.2, 0.25) is 0 Å². The molecule has 0 saturated heterocycles. The molecule has 194 valence electrons. The maximum atomic E-state index is 12.8. The SMILES string of the molecule is CCCCCCCCCCCCCCCCOC(=O)C(C)NC(=O)c1cccc(C(F)(F)F)c1. The van der Waals surface area contributed by atoms with Gasteiger partial charge in [-0.25, -0.2) is 4.79 Å². The highest BCUT2D eigenvalue weighted by molar-refractivity contribution is 5.96. The molecule has 0 aliphatic rings. The Kier molecular flexibility index (Phi) is 15.3.